The summed E-state index contributed by atoms with van der Waals surface area (Å²) < 4.78 is 5.45. The predicted octanol–water partition coefficient (Wildman–Crippen LogP) is 1.73. The van der Waals surface area contributed by atoms with Crippen LogP contribution in [-0.4, -0.2) is 38.3 Å². The summed E-state index contributed by atoms with van der Waals surface area (Å²) in [7, 11) is 0. The van der Waals surface area contributed by atoms with Crippen LogP contribution >= 0.6 is 12.4 Å². The van der Waals surface area contributed by atoms with Crippen molar-refractivity contribution in [1.82, 2.24) is 10.6 Å². The number of carbonyl (C=O) groups excluding carboxylic acids is 1. The number of amides is 1. The third-order valence-corrected chi connectivity index (χ3v) is 4.18. The van der Waals surface area contributed by atoms with Gasteiger partial charge < -0.3 is 15.4 Å². The number of rotatable bonds is 6. The third kappa shape index (κ3) is 4.62. The average molecular weight is 291 g/mol. The van der Waals surface area contributed by atoms with Crippen LogP contribution in [0.5, 0.6) is 0 Å². The van der Waals surface area contributed by atoms with Gasteiger partial charge in [0.15, 0.2) is 0 Å². The number of nitrogens with one attached hydrogen (secondary N) is 2. The lowest BCUT2D eigenvalue weighted by molar-refractivity contribution is -0.123. The molecule has 1 amide bonds. The summed E-state index contributed by atoms with van der Waals surface area (Å²) >= 11 is 0. The van der Waals surface area contributed by atoms with E-state index in [1.54, 1.807) is 0 Å². The van der Waals surface area contributed by atoms with Gasteiger partial charge in [0.25, 0.3) is 0 Å². The number of halogens is 1. The van der Waals surface area contributed by atoms with Crippen molar-refractivity contribution in [1.29, 1.82) is 0 Å². The highest BCUT2D eigenvalue weighted by Crippen LogP contribution is 2.58. The van der Waals surface area contributed by atoms with Crippen LogP contribution in [0.4, 0.5) is 0 Å². The minimum atomic E-state index is 0. The van der Waals surface area contributed by atoms with E-state index in [1.807, 2.05) is 13.8 Å². The minimum absolute atomic E-state index is 0. The molecule has 112 valence electrons. The maximum absolute atomic E-state index is 12.0. The van der Waals surface area contributed by atoms with Crippen LogP contribution in [0.25, 0.3) is 0 Å². The standard InChI is InChI=1S/C14H26N2O2.ClH/c1-11(2)18-9-3-6-16-13(17)12-10-14(12)4-7-15-8-5-14;/h11-12,15H,3-10H2,1-2H3,(H,16,17);1H. The maximum atomic E-state index is 12.0. The molecule has 0 aromatic heterocycles. The van der Waals surface area contributed by atoms with Gasteiger partial charge >= 0.3 is 0 Å². The first kappa shape index (κ1) is 16.7. The molecule has 2 rings (SSSR count). The van der Waals surface area contributed by atoms with E-state index in [1.165, 1.54) is 12.8 Å². The molecule has 1 saturated heterocycles. The van der Waals surface area contributed by atoms with Gasteiger partial charge in [0.05, 0.1) is 6.10 Å². The van der Waals surface area contributed by atoms with Crippen LogP contribution in [-0.2, 0) is 9.53 Å². The zero-order valence-electron chi connectivity index (χ0n) is 12.0. The van der Waals surface area contributed by atoms with Crippen molar-refractivity contribution < 1.29 is 9.53 Å². The fourth-order valence-electron chi connectivity index (χ4n) is 2.92. The first-order valence-electron chi connectivity index (χ1n) is 7.24. The molecule has 1 spiro atoms. The van der Waals surface area contributed by atoms with Gasteiger partial charge in [0.1, 0.15) is 0 Å². The highest BCUT2D eigenvalue weighted by atomic mass is 35.5. The van der Waals surface area contributed by atoms with Crippen LogP contribution in [0.15, 0.2) is 0 Å². The molecule has 1 aliphatic heterocycles. The Balaban J connectivity index is 0.00000180. The molecular weight excluding hydrogens is 264 g/mol. The van der Waals surface area contributed by atoms with E-state index in [0.29, 0.717) is 5.41 Å². The summed E-state index contributed by atoms with van der Waals surface area (Å²) in [6, 6.07) is 0. The molecule has 4 nitrogen and oxygen atoms in total. The number of hydrogen-bond donors (Lipinski definition) is 2. The van der Waals surface area contributed by atoms with Gasteiger partial charge in [-0.15, -0.1) is 12.4 Å². The van der Waals surface area contributed by atoms with Crippen molar-refractivity contribution in [3.8, 4) is 0 Å². The molecule has 0 aromatic rings. The highest BCUT2D eigenvalue weighted by Gasteiger charge is 2.57. The second-order valence-corrected chi connectivity index (χ2v) is 5.93. The Morgan fingerprint density at radius 1 is 1.42 bits per heavy atom. The second-order valence-electron chi connectivity index (χ2n) is 5.93. The zero-order chi connectivity index (χ0) is 13.0. The minimum Gasteiger partial charge on any atom is -0.379 e. The predicted molar refractivity (Wildman–Crippen MR) is 78.6 cm³/mol. The van der Waals surface area contributed by atoms with Crippen LogP contribution < -0.4 is 10.6 Å². The average Bonchev–Trinajstić information content (AvgIpc) is 3.03. The van der Waals surface area contributed by atoms with Gasteiger partial charge in [-0.05, 0) is 58.0 Å². The van der Waals surface area contributed by atoms with Gasteiger partial charge in [-0.25, -0.2) is 0 Å². The van der Waals surface area contributed by atoms with Gasteiger partial charge in [0, 0.05) is 19.1 Å². The van der Waals surface area contributed by atoms with E-state index in [4.69, 9.17) is 4.74 Å². The molecule has 0 bridgehead atoms. The lowest BCUT2D eigenvalue weighted by atomic mass is 9.92. The van der Waals surface area contributed by atoms with Crippen LogP contribution in [0.1, 0.15) is 39.5 Å². The molecular formula is C14H27ClN2O2. The number of hydrogen-bond acceptors (Lipinski definition) is 3. The summed E-state index contributed by atoms with van der Waals surface area (Å²) in [4.78, 5) is 12.0. The molecule has 19 heavy (non-hydrogen) atoms. The van der Waals surface area contributed by atoms with Crippen molar-refractivity contribution in [2.75, 3.05) is 26.2 Å². The molecule has 1 atom stereocenters. The van der Waals surface area contributed by atoms with Crippen molar-refractivity contribution in [2.45, 2.75) is 45.6 Å². The van der Waals surface area contributed by atoms with Crippen LogP contribution in [0.2, 0.25) is 0 Å². The molecule has 2 fully saturated rings. The number of ether oxygens (including phenoxy) is 1. The largest absolute Gasteiger partial charge is 0.379 e. The topological polar surface area (TPSA) is 50.4 Å². The molecule has 1 unspecified atom stereocenters. The zero-order valence-corrected chi connectivity index (χ0v) is 12.9. The summed E-state index contributed by atoms with van der Waals surface area (Å²) in [5.41, 5.74) is 0.351. The van der Waals surface area contributed by atoms with E-state index >= 15 is 0 Å². The van der Waals surface area contributed by atoms with Crippen molar-refractivity contribution in [3.05, 3.63) is 0 Å². The van der Waals surface area contributed by atoms with Gasteiger partial charge in [-0.2, -0.15) is 0 Å². The van der Waals surface area contributed by atoms with E-state index in [9.17, 15) is 4.79 Å². The van der Waals surface area contributed by atoms with Crippen LogP contribution in [0.3, 0.4) is 0 Å². The molecule has 0 radical (unpaired) electrons. The quantitative estimate of drug-likeness (QED) is 0.733. The Kier molecular flexibility index (Phi) is 6.57. The van der Waals surface area contributed by atoms with Crippen molar-refractivity contribution in [3.63, 3.8) is 0 Å². The SMILES string of the molecule is CC(C)OCCCNC(=O)C1CC12CCNCC2.Cl. The highest BCUT2D eigenvalue weighted by molar-refractivity contribution is 5.85. The van der Waals surface area contributed by atoms with Crippen LogP contribution in [0, 0.1) is 11.3 Å². The number of piperidine rings is 1. The van der Waals surface area contributed by atoms with Gasteiger partial charge in [-0.1, -0.05) is 0 Å². The van der Waals surface area contributed by atoms with E-state index in [-0.39, 0.29) is 30.3 Å². The van der Waals surface area contributed by atoms with E-state index in [2.05, 4.69) is 10.6 Å². The maximum Gasteiger partial charge on any atom is 0.223 e. The molecule has 5 heteroatoms. The summed E-state index contributed by atoms with van der Waals surface area (Å²) in [6.07, 6.45) is 4.62. The lowest BCUT2D eigenvalue weighted by Gasteiger charge is -2.23. The van der Waals surface area contributed by atoms with Crippen molar-refractivity contribution in [2.24, 2.45) is 11.3 Å². The third-order valence-electron chi connectivity index (χ3n) is 4.18. The number of carbonyl (C=O) groups is 1. The Morgan fingerprint density at radius 2 is 2.11 bits per heavy atom. The smallest absolute Gasteiger partial charge is 0.223 e. The Hall–Kier alpha value is -0.320. The monoisotopic (exact) mass is 290 g/mol. The van der Waals surface area contributed by atoms with Gasteiger partial charge in [0.2, 0.25) is 5.91 Å². The first-order valence-corrected chi connectivity index (χ1v) is 7.24. The fourth-order valence-corrected chi connectivity index (χ4v) is 2.92. The Morgan fingerprint density at radius 3 is 2.74 bits per heavy atom. The Labute approximate surface area is 122 Å². The summed E-state index contributed by atoms with van der Waals surface area (Å²) in [6.45, 7) is 7.69. The van der Waals surface area contributed by atoms with E-state index in [0.717, 1.165) is 39.1 Å². The molecule has 2 aliphatic rings. The van der Waals surface area contributed by atoms with E-state index < -0.39 is 0 Å². The molecule has 1 aliphatic carbocycles. The molecule has 2 N–H and O–H groups in total. The first-order chi connectivity index (χ1) is 8.64. The normalized spacial score (nSPS) is 24.1. The summed E-state index contributed by atoms with van der Waals surface area (Å²) in [5, 5.41) is 6.41. The second kappa shape index (κ2) is 7.46. The summed E-state index contributed by atoms with van der Waals surface area (Å²) in [5.74, 6) is 0.548. The molecule has 0 aromatic carbocycles. The Bertz CT molecular complexity index is 291. The van der Waals surface area contributed by atoms with Gasteiger partial charge in [-0.3, -0.25) is 4.79 Å². The fraction of sp³-hybridized carbons (Fsp3) is 0.929. The molecule has 1 saturated carbocycles. The lowest BCUT2D eigenvalue weighted by Crippen LogP contribution is -2.34. The van der Waals surface area contributed by atoms with Crippen molar-refractivity contribution >= 4 is 18.3 Å². The molecule has 1 heterocycles.